The van der Waals surface area contributed by atoms with Crippen LogP contribution < -0.4 is 0 Å². The molecule has 1 atom stereocenters. The first kappa shape index (κ1) is 12.0. The summed E-state index contributed by atoms with van der Waals surface area (Å²) in [5.41, 5.74) is 0. The Hall–Kier alpha value is 1.04. The quantitative estimate of drug-likeness (QED) is 0.626. The molecule has 9 heteroatoms. The molecule has 0 aromatic heterocycles. The molecule has 11 heavy (non-hydrogen) atoms. The predicted molar refractivity (Wildman–Crippen MR) is 46.1 cm³/mol. The molecule has 0 rings (SSSR count). The van der Waals surface area contributed by atoms with Crippen LogP contribution in [-0.2, 0) is 23.6 Å². The van der Waals surface area contributed by atoms with Crippen LogP contribution >= 0.6 is 12.8 Å². The Balaban J connectivity index is 5.08. The minimum absolute atomic E-state index is 0.690. The van der Waals surface area contributed by atoms with Gasteiger partial charge >= 0.3 is 5.40 Å². The van der Waals surface area contributed by atoms with Gasteiger partial charge in [0, 0.05) is 0 Å². The summed E-state index contributed by atoms with van der Waals surface area (Å²) in [5, 5.41) is -4.11. The molecule has 1 unspecified atom stereocenters. The highest BCUT2D eigenvalue weighted by molar-refractivity contribution is 8.20. The molecule has 0 aliphatic rings. The molecular weight excluding hydrogens is 236 g/mol. The predicted octanol–water partition coefficient (Wildman–Crippen LogP) is 0.847. The van der Waals surface area contributed by atoms with Crippen LogP contribution in [0.15, 0.2) is 0 Å². The van der Waals surface area contributed by atoms with Crippen molar-refractivity contribution in [1.29, 1.82) is 0 Å². The molecule has 0 heterocycles. The van der Waals surface area contributed by atoms with Gasteiger partial charge in [0.05, 0.1) is 0 Å². The Bertz CT molecular complexity index is 218. The standard InChI is InChI=1S/C2H6F2O3P2S2/c1-8(5,10)2(3,4)9(6,7)11/h1H3,(H,5,10)(H2,6,7,11). The molecule has 0 bridgehead atoms. The molecule has 0 aromatic carbocycles. The zero-order valence-electron chi connectivity index (χ0n) is 5.31. The van der Waals surface area contributed by atoms with Crippen LogP contribution in [0.1, 0.15) is 0 Å². The molecule has 0 aliphatic heterocycles. The maximum Gasteiger partial charge on any atom is 0.366 e. The maximum atomic E-state index is 12.6. The molecule has 0 saturated carbocycles. The highest BCUT2D eigenvalue weighted by Gasteiger charge is 2.53. The zero-order valence-corrected chi connectivity index (χ0v) is 8.73. The van der Waals surface area contributed by atoms with Crippen molar-refractivity contribution in [3.63, 3.8) is 0 Å². The molecule has 0 spiro atoms. The smallest absolute Gasteiger partial charge is 0.360 e. The first-order chi connectivity index (χ1) is 4.50. The first-order valence-corrected chi connectivity index (χ1v) is 8.15. The lowest BCUT2D eigenvalue weighted by molar-refractivity contribution is 0.156. The molecule has 0 amide bonds. The Morgan fingerprint density at radius 3 is 1.45 bits per heavy atom. The summed E-state index contributed by atoms with van der Waals surface area (Å²) in [6.07, 6.45) is -4.04. The van der Waals surface area contributed by atoms with E-state index in [1.807, 2.05) is 0 Å². The number of hydrogen-bond acceptors (Lipinski definition) is 2. The minimum Gasteiger partial charge on any atom is -0.360 e. The van der Waals surface area contributed by atoms with Crippen LogP contribution in [0, 0.1) is 0 Å². The maximum absolute atomic E-state index is 12.6. The number of alkyl halides is 2. The van der Waals surface area contributed by atoms with Crippen molar-refractivity contribution in [2.75, 3.05) is 6.66 Å². The number of rotatable bonds is 2. The van der Waals surface area contributed by atoms with Gasteiger partial charge < -0.3 is 14.7 Å². The van der Waals surface area contributed by atoms with Crippen molar-refractivity contribution < 1.29 is 23.5 Å². The van der Waals surface area contributed by atoms with E-state index in [2.05, 4.69) is 23.6 Å². The second-order valence-corrected chi connectivity index (χ2v) is 9.92. The Labute approximate surface area is 72.3 Å². The molecular formula is C2H6F2O3P2S2. The Morgan fingerprint density at radius 2 is 1.45 bits per heavy atom. The van der Waals surface area contributed by atoms with Gasteiger partial charge in [0.1, 0.15) is 6.26 Å². The fourth-order valence-corrected chi connectivity index (χ4v) is 5.10. The van der Waals surface area contributed by atoms with Crippen LogP contribution in [0.25, 0.3) is 0 Å². The minimum atomic E-state index is -4.79. The van der Waals surface area contributed by atoms with E-state index in [4.69, 9.17) is 14.7 Å². The Kier molecular flexibility index (Phi) is 3.36. The van der Waals surface area contributed by atoms with Gasteiger partial charge in [-0.3, -0.25) is 0 Å². The van der Waals surface area contributed by atoms with Gasteiger partial charge in [-0.1, -0.05) is 11.8 Å². The zero-order chi connectivity index (χ0) is 9.50. The van der Waals surface area contributed by atoms with Gasteiger partial charge in [-0.05, 0) is 18.5 Å². The fraction of sp³-hybridized carbons (Fsp3) is 1.00. The van der Waals surface area contributed by atoms with Gasteiger partial charge in [0.15, 0.2) is 0 Å². The summed E-state index contributed by atoms with van der Waals surface area (Å²) in [6, 6.07) is 0. The van der Waals surface area contributed by atoms with E-state index in [9.17, 15) is 8.78 Å². The summed E-state index contributed by atoms with van der Waals surface area (Å²) in [4.78, 5) is 25.5. The molecule has 3 N–H and O–H groups in total. The van der Waals surface area contributed by atoms with Gasteiger partial charge in [-0.25, -0.2) is 0 Å². The van der Waals surface area contributed by atoms with E-state index < -0.39 is 18.2 Å². The third kappa shape index (κ3) is 2.49. The third-order valence-electron chi connectivity index (χ3n) is 0.850. The average molecular weight is 242 g/mol. The van der Waals surface area contributed by atoms with Crippen molar-refractivity contribution in [2.24, 2.45) is 0 Å². The van der Waals surface area contributed by atoms with Crippen LogP contribution in [0.4, 0.5) is 8.78 Å². The molecule has 0 fully saturated rings. The van der Waals surface area contributed by atoms with Crippen LogP contribution in [0.2, 0.25) is 0 Å². The van der Waals surface area contributed by atoms with E-state index in [1.165, 1.54) is 0 Å². The van der Waals surface area contributed by atoms with E-state index in [-0.39, 0.29) is 0 Å². The van der Waals surface area contributed by atoms with E-state index in [1.54, 1.807) is 0 Å². The van der Waals surface area contributed by atoms with Gasteiger partial charge in [0.25, 0.3) is 6.49 Å². The summed E-state index contributed by atoms with van der Waals surface area (Å²) >= 11 is 7.77. The van der Waals surface area contributed by atoms with Crippen LogP contribution in [0.5, 0.6) is 0 Å². The lowest BCUT2D eigenvalue weighted by Crippen LogP contribution is -2.15. The second-order valence-electron chi connectivity index (χ2n) is 1.93. The second kappa shape index (κ2) is 3.07. The number of hydrogen-bond donors (Lipinski definition) is 3. The number of halogens is 2. The highest BCUT2D eigenvalue weighted by atomic mass is 32.5. The van der Waals surface area contributed by atoms with Crippen molar-refractivity contribution in [2.45, 2.75) is 5.40 Å². The first-order valence-electron chi connectivity index (χ1n) is 2.24. The summed E-state index contributed by atoms with van der Waals surface area (Å²) < 4.78 is 25.2. The molecule has 0 saturated heterocycles. The van der Waals surface area contributed by atoms with Crippen molar-refractivity contribution in [3.8, 4) is 0 Å². The van der Waals surface area contributed by atoms with Crippen LogP contribution in [-0.4, -0.2) is 26.7 Å². The van der Waals surface area contributed by atoms with Gasteiger partial charge in [-0.2, -0.15) is 8.78 Å². The average Bonchev–Trinajstić information content (AvgIpc) is 1.58. The topological polar surface area (TPSA) is 60.7 Å². The molecule has 3 nitrogen and oxygen atoms in total. The van der Waals surface area contributed by atoms with Crippen molar-refractivity contribution in [1.82, 2.24) is 0 Å². The van der Waals surface area contributed by atoms with E-state index in [0.29, 0.717) is 6.66 Å². The lowest BCUT2D eigenvalue weighted by Gasteiger charge is -2.25. The van der Waals surface area contributed by atoms with Crippen molar-refractivity contribution in [3.05, 3.63) is 0 Å². The molecule has 0 aromatic rings. The summed E-state index contributed by atoms with van der Waals surface area (Å²) in [5.74, 6) is 0. The Morgan fingerprint density at radius 1 is 1.18 bits per heavy atom. The van der Waals surface area contributed by atoms with Crippen molar-refractivity contribution >= 4 is 36.4 Å². The SMILES string of the molecule is CP(O)(=S)C(F)(F)P(O)(O)=S. The fourth-order valence-electron chi connectivity index (χ4n) is 0.242. The largest absolute Gasteiger partial charge is 0.366 e. The van der Waals surface area contributed by atoms with E-state index >= 15 is 0 Å². The lowest BCUT2D eigenvalue weighted by atomic mass is 11.6. The van der Waals surface area contributed by atoms with Gasteiger partial charge in [-0.15, -0.1) is 0 Å². The van der Waals surface area contributed by atoms with E-state index in [0.717, 1.165) is 0 Å². The van der Waals surface area contributed by atoms with Gasteiger partial charge in [0.2, 0.25) is 0 Å². The highest BCUT2D eigenvalue weighted by Crippen LogP contribution is 2.71. The monoisotopic (exact) mass is 242 g/mol. The third-order valence-corrected chi connectivity index (χ3v) is 6.74. The summed E-state index contributed by atoms with van der Waals surface area (Å²) in [7, 11) is 0. The normalized spacial score (nSPS) is 19.5. The molecule has 68 valence electrons. The summed E-state index contributed by atoms with van der Waals surface area (Å²) in [6.45, 7) is -4.10. The molecule has 0 aliphatic carbocycles. The van der Waals surface area contributed by atoms with Crippen LogP contribution in [0.3, 0.4) is 0 Å². The molecule has 0 radical (unpaired) electrons.